The fourth-order valence-electron chi connectivity index (χ4n) is 1.25. The molecule has 0 spiro atoms. The highest BCUT2D eigenvalue weighted by Gasteiger charge is 2.01. The minimum Gasteiger partial charge on any atom is -0.383 e. The van der Waals surface area contributed by atoms with Gasteiger partial charge in [-0.05, 0) is 31.0 Å². The Balaban J connectivity index is 2.62. The minimum absolute atomic E-state index is 0.0231. The minimum atomic E-state index is 0.0231. The quantitative estimate of drug-likeness (QED) is 0.668. The molecule has 0 radical (unpaired) electrons. The molecule has 1 rings (SSSR count). The van der Waals surface area contributed by atoms with Crippen molar-refractivity contribution in [2.75, 3.05) is 18.4 Å². The summed E-state index contributed by atoms with van der Waals surface area (Å²) in [6.07, 6.45) is 0. The Morgan fingerprint density at radius 2 is 2.07 bits per heavy atom. The molecule has 0 heterocycles. The van der Waals surface area contributed by atoms with E-state index in [0.717, 1.165) is 12.2 Å². The molecule has 1 atom stereocenters. The molecule has 0 aromatic heterocycles. The van der Waals surface area contributed by atoms with Crippen LogP contribution in [0.1, 0.15) is 11.1 Å². The Labute approximate surface area is 85.5 Å². The van der Waals surface area contributed by atoms with Crippen LogP contribution < -0.4 is 16.8 Å². The lowest BCUT2D eigenvalue weighted by atomic mass is 10.1. The van der Waals surface area contributed by atoms with Crippen molar-refractivity contribution in [2.24, 2.45) is 11.5 Å². The van der Waals surface area contributed by atoms with Crippen molar-refractivity contribution >= 4 is 5.69 Å². The van der Waals surface area contributed by atoms with Crippen LogP contribution >= 0.6 is 0 Å². The zero-order valence-electron chi connectivity index (χ0n) is 8.88. The Morgan fingerprint density at radius 3 is 2.71 bits per heavy atom. The van der Waals surface area contributed by atoms with Crippen LogP contribution in [0.2, 0.25) is 0 Å². The van der Waals surface area contributed by atoms with Crippen LogP contribution in [0.15, 0.2) is 18.2 Å². The van der Waals surface area contributed by atoms with Gasteiger partial charge in [0.2, 0.25) is 0 Å². The standard InChI is InChI=1S/C11H19N3/c1-8-3-4-9(2)11(5-8)14-7-10(13)6-12/h3-5,10,14H,6-7,12-13H2,1-2H3. The third kappa shape index (κ3) is 3.01. The van der Waals surface area contributed by atoms with Crippen molar-refractivity contribution in [3.05, 3.63) is 29.3 Å². The van der Waals surface area contributed by atoms with Crippen LogP contribution in [-0.2, 0) is 0 Å². The molecule has 1 aromatic rings. The molecule has 3 heteroatoms. The number of aryl methyl sites for hydroxylation is 2. The van der Waals surface area contributed by atoms with Gasteiger partial charge in [-0.25, -0.2) is 0 Å². The summed E-state index contributed by atoms with van der Waals surface area (Å²) in [7, 11) is 0. The summed E-state index contributed by atoms with van der Waals surface area (Å²) < 4.78 is 0. The molecule has 0 bridgehead atoms. The smallest absolute Gasteiger partial charge is 0.0373 e. The number of nitrogens with two attached hydrogens (primary N) is 2. The molecule has 0 saturated carbocycles. The Bertz CT molecular complexity index is 297. The molecule has 5 N–H and O–H groups in total. The van der Waals surface area contributed by atoms with Crippen LogP contribution in [0.3, 0.4) is 0 Å². The van der Waals surface area contributed by atoms with E-state index < -0.39 is 0 Å². The first-order chi connectivity index (χ1) is 6.63. The number of nitrogens with one attached hydrogen (secondary N) is 1. The van der Waals surface area contributed by atoms with Gasteiger partial charge < -0.3 is 16.8 Å². The van der Waals surface area contributed by atoms with E-state index in [1.54, 1.807) is 0 Å². The lowest BCUT2D eigenvalue weighted by Gasteiger charge is -2.13. The van der Waals surface area contributed by atoms with E-state index in [9.17, 15) is 0 Å². The van der Waals surface area contributed by atoms with Crippen molar-refractivity contribution in [3.63, 3.8) is 0 Å². The Kier molecular flexibility index (Phi) is 3.92. The molecular weight excluding hydrogens is 174 g/mol. The Hall–Kier alpha value is -1.06. The molecule has 0 aliphatic rings. The van der Waals surface area contributed by atoms with Crippen LogP contribution in [0.25, 0.3) is 0 Å². The van der Waals surface area contributed by atoms with Gasteiger partial charge in [0.05, 0.1) is 0 Å². The van der Waals surface area contributed by atoms with Gasteiger partial charge in [0.15, 0.2) is 0 Å². The second kappa shape index (κ2) is 4.98. The lowest BCUT2D eigenvalue weighted by Crippen LogP contribution is -2.36. The van der Waals surface area contributed by atoms with Crippen LogP contribution in [0.4, 0.5) is 5.69 Å². The fraction of sp³-hybridized carbons (Fsp3) is 0.455. The third-order valence-corrected chi connectivity index (χ3v) is 2.25. The monoisotopic (exact) mass is 193 g/mol. The van der Waals surface area contributed by atoms with E-state index >= 15 is 0 Å². The number of hydrogen-bond acceptors (Lipinski definition) is 3. The van der Waals surface area contributed by atoms with Crippen molar-refractivity contribution in [1.82, 2.24) is 0 Å². The maximum Gasteiger partial charge on any atom is 0.0373 e. The number of rotatable bonds is 4. The van der Waals surface area contributed by atoms with Gasteiger partial charge >= 0.3 is 0 Å². The average Bonchev–Trinajstić information content (AvgIpc) is 2.19. The largest absolute Gasteiger partial charge is 0.383 e. The van der Waals surface area contributed by atoms with Gasteiger partial charge in [-0.1, -0.05) is 12.1 Å². The zero-order valence-corrected chi connectivity index (χ0v) is 8.88. The first-order valence-corrected chi connectivity index (χ1v) is 4.90. The van der Waals surface area contributed by atoms with Gasteiger partial charge in [-0.2, -0.15) is 0 Å². The van der Waals surface area contributed by atoms with Gasteiger partial charge in [-0.15, -0.1) is 0 Å². The highest BCUT2D eigenvalue weighted by molar-refractivity contribution is 5.52. The molecule has 0 amide bonds. The van der Waals surface area contributed by atoms with E-state index in [1.165, 1.54) is 11.1 Å². The summed E-state index contributed by atoms with van der Waals surface area (Å²) in [5.41, 5.74) is 14.8. The van der Waals surface area contributed by atoms with Gasteiger partial charge in [-0.3, -0.25) is 0 Å². The van der Waals surface area contributed by atoms with E-state index in [1.807, 2.05) is 0 Å². The Morgan fingerprint density at radius 1 is 1.36 bits per heavy atom. The maximum atomic E-state index is 5.72. The summed E-state index contributed by atoms with van der Waals surface area (Å²) in [6.45, 7) is 5.39. The number of hydrogen-bond donors (Lipinski definition) is 3. The summed E-state index contributed by atoms with van der Waals surface area (Å²) in [4.78, 5) is 0. The molecule has 0 aliphatic heterocycles. The van der Waals surface area contributed by atoms with Crippen LogP contribution in [0, 0.1) is 13.8 Å². The topological polar surface area (TPSA) is 64.1 Å². The van der Waals surface area contributed by atoms with Gasteiger partial charge in [0.1, 0.15) is 0 Å². The van der Waals surface area contributed by atoms with Gasteiger partial charge in [0.25, 0.3) is 0 Å². The molecule has 3 nitrogen and oxygen atoms in total. The van der Waals surface area contributed by atoms with E-state index in [-0.39, 0.29) is 6.04 Å². The normalized spacial score (nSPS) is 12.6. The summed E-state index contributed by atoms with van der Waals surface area (Å²) >= 11 is 0. The van der Waals surface area contributed by atoms with Crippen molar-refractivity contribution in [2.45, 2.75) is 19.9 Å². The molecule has 1 unspecified atom stereocenters. The first-order valence-electron chi connectivity index (χ1n) is 4.90. The fourth-order valence-corrected chi connectivity index (χ4v) is 1.25. The molecule has 0 fully saturated rings. The zero-order chi connectivity index (χ0) is 10.6. The lowest BCUT2D eigenvalue weighted by molar-refractivity contribution is 0.713. The summed E-state index contributed by atoms with van der Waals surface area (Å²) in [5.74, 6) is 0. The van der Waals surface area contributed by atoms with E-state index in [2.05, 4.69) is 37.4 Å². The first kappa shape index (κ1) is 11.0. The molecule has 0 aliphatic carbocycles. The van der Waals surface area contributed by atoms with Crippen molar-refractivity contribution < 1.29 is 0 Å². The number of anilines is 1. The summed E-state index contributed by atoms with van der Waals surface area (Å²) in [6, 6.07) is 6.35. The van der Waals surface area contributed by atoms with Gasteiger partial charge in [0, 0.05) is 24.8 Å². The molecule has 78 valence electrons. The molecule has 1 aromatic carbocycles. The second-order valence-corrected chi connectivity index (χ2v) is 3.70. The predicted molar refractivity (Wildman–Crippen MR) is 61.4 cm³/mol. The molecular formula is C11H19N3. The molecule has 0 saturated heterocycles. The number of benzene rings is 1. The average molecular weight is 193 g/mol. The SMILES string of the molecule is Cc1ccc(C)c(NCC(N)CN)c1. The summed E-state index contributed by atoms with van der Waals surface area (Å²) in [5, 5.41) is 3.30. The van der Waals surface area contributed by atoms with Crippen molar-refractivity contribution in [1.29, 1.82) is 0 Å². The maximum absolute atomic E-state index is 5.72. The second-order valence-electron chi connectivity index (χ2n) is 3.70. The molecule has 14 heavy (non-hydrogen) atoms. The van der Waals surface area contributed by atoms with E-state index in [0.29, 0.717) is 6.54 Å². The highest BCUT2D eigenvalue weighted by atomic mass is 14.9. The van der Waals surface area contributed by atoms with E-state index in [4.69, 9.17) is 11.5 Å². The highest BCUT2D eigenvalue weighted by Crippen LogP contribution is 2.15. The van der Waals surface area contributed by atoms with Crippen LogP contribution in [0.5, 0.6) is 0 Å². The van der Waals surface area contributed by atoms with Crippen LogP contribution in [-0.4, -0.2) is 19.1 Å². The predicted octanol–water partition coefficient (Wildman–Crippen LogP) is 1.00. The van der Waals surface area contributed by atoms with Crippen molar-refractivity contribution in [3.8, 4) is 0 Å². The third-order valence-electron chi connectivity index (χ3n) is 2.25.